The average molecular weight is 687 g/mol. The molecule has 0 bridgehead atoms. The Bertz CT molecular complexity index is 2730. The maximum absolute atomic E-state index is 5.36. The molecule has 2 heterocycles. The van der Waals surface area contributed by atoms with Crippen molar-refractivity contribution in [3.05, 3.63) is 186 Å². The van der Waals surface area contributed by atoms with Crippen molar-refractivity contribution in [2.45, 2.75) is 25.4 Å². The molecule has 248 valence electrons. The molecular weight excluding hydrogens is 653 g/mol. The molecule has 1 aromatic heterocycles. The highest BCUT2D eigenvalue weighted by Crippen LogP contribution is 2.52. The van der Waals surface area contributed by atoms with Crippen LogP contribution in [0.1, 0.15) is 47.8 Å². The SMILES string of the molecule is CC1(C)c2ccccc2-c2c(C3=NC(c4ccccc4)NC(c4ccccc4)=N3)cc(-c3ccc4ccc5nc(-c6ccccc6)sc5c4c3)cc21. The molecule has 1 aliphatic carbocycles. The van der Waals surface area contributed by atoms with Crippen LogP contribution in [0.2, 0.25) is 0 Å². The van der Waals surface area contributed by atoms with Crippen molar-refractivity contribution >= 4 is 44.0 Å². The molecule has 0 spiro atoms. The van der Waals surface area contributed by atoms with Gasteiger partial charge in [0, 0.05) is 27.5 Å². The van der Waals surface area contributed by atoms with Crippen LogP contribution in [0.15, 0.2) is 168 Å². The standard InChI is InChI=1S/C47H34N4S/c1-47(2)38-21-13-12-20-35(38)41-37(45-50-43(30-14-6-3-7-15-30)49-44(51-45)31-16-8-4-9-17-31)27-34(28-39(41)47)33-23-22-29-24-25-40-42(36(29)26-33)52-46(48-40)32-18-10-5-11-19-32/h3-28,43H,1-2H3,(H,49,50,51). The normalized spacial score (nSPS) is 15.8. The summed E-state index contributed by atoms with van der Waals surface area (Å²) in [5.41, 5.74) is 12.5. The summed E-state index contributed by atoms with van der Waals surface area (Å²) >= 11 is 1.76. The Labute approximate surface area is 306 Å². The van der Waals surface area contributed by atoms with Gasteiger partial charge in [0.05, 0.1) is 10.2 Å². The van der Waals surface area contributed by atoms with Crippen LogP contribution < -0.4 is 5.32 Å². The third-order valence-corrected chi connectivity index (χ3v) is 11.7. The van der Waals surface area contributed by atoms with Crippen molar-refractivity contribution in [1.82, 2.24) is 10.3 Å². The number of hydrogen-bond donors (Lipinski definition) is 1. The Morgan fingerprint density at radius 1 is 0.596 bits per heavy atom. The number of nitrogens with zero attached hydrogens (tertiary/aromatic N) is 3. The molecule has 7 aromatic carbocycles. The molecule has 0 fully saturated rings. The summed E-state index contributed by atoms with van der Waals surface area (Å²) in [5, 5.41) is 7.10. The molecule has 0 radical (unpaired) electrons. The van der Waals surface area contributed by atoms with E-state index in [4.69, 9.17) is 15.0 Å². The number of rotatable bonds is 5. The maximum Gasteiger partial charge on any atom is 0.160 e. The van der Waals surface area contributed by atoms with E-state index < -0.39 is 0 Å². The van der Waals surface area contributed by atoms with E-state index in [2.05, 4.69) is 159 Å². The second kappa shape index (κ2) is 12.0. The number of amidine groups is 2. The van der Waals surface area contributed by atoms with Gasteiger partial charge < -0.3 is 5.32 Å². The van der Waals surface area contributed by atoms with Gasteiger partial charge in [-0.1, -0.05) is 147 Å². The number of nitrogens with one attached hydrogen (secondary N) is 1. The average Bonchev–Trinajstić information content (AvgIpc) is 3.75. The topological polar surface area (TPSA) is 49.6 Å². The fourth-order valence-corrected chi connectivity index (χ4v) is 8.96. The summed E-state index contributed by atoms with van der Waals surface area (Å²) in [4.78, 5) is 15.7. The van der Waals surface area contributed by atoms with E-state index in [1.54, 1.807) is 11.3 Å². The molecule has 0 saturated heterocycles. The summed E-state index contributed by atoms with van der Waals surface area (Å²) in [7, 11) is 0. The third kappa shape index (κ3) is 5.00. The Kier molecular flexibility index (Phi) is 7.05. The van der Waals surface area contributed by atoms with E-state index in [-0.39, 0.29) is 11.6 Å². The zero-order chi connectivity index (χ0) is 34.8. The van der Waals surface area contributed by atoms with Crippen molar-refractivity contribution < 1.29 is 0 Å². The molecule has 10 rings (SSSR count). The Morgan fingerprint density at radius 2 is 1.29 bits per heavy atom. The second-order valence-electron chi connectivity index (χ2n) is 14.1. The lowest BCUT2D eigenvalue weighted by Gasteiger charge is -2.26. The van der Waals surface area contributed by atoms with Crippen molar-refractivity contribution in [3.63, 3.8) is 0 Å². The minimum atomic E-state index is -0.285. The van der Waals surface area contributed by atoms with E-state index in [1.807, 2.05) is 18.2 Å². The van der Waals surface area contributed by atoms with E-state index >= 15 is 0 Å². The Balaban J connectivity index is 1.20. The van der Waals surface area contributed by atoms with Gasteiger partial charge in [0.2, 0.25) is 0 Å². The Hall–Kier alpha value is -6.17. The van der Waals surface area contributed by atoms with Crippen molar-refractivity contribution in [1.29, 1.82) is 0 Å². The van der Waals surface area contributed by atoms with Crippen LogP contribution >= 0.6 is 11.3 Å². The predicted molar refractivity (Wildman–Crippen MR) is 217 cm³/mol. The fourth-order valence-electron chi connectivity index (χ4n) is 7.87. The summed E-state index contributed by atoms with van der Waals surface area (Å²) in [6.45, 7) is 4.68. The van der Waals surface area contributed by atoms with Gasteiger partial charge in [0.15, 0.2) is 5.84 Å². The molecule has 4 nitrogen and oxygen atoms in total. The van der Waals surface area contributed by atoms with Crippen LogP contribution in [-0.4, -0.2) is 16.7 Å². The van der Waals surface area contributed by atoms with E-state index in [1.165, 1.54) is 37.7 Å². The fraction of sp³-hybridized carbons (Fsp3) is 0.0851. The van der Waals surface area contributed by atoms with Crippen LogP contribution in [0.4, 0.5) is 0 Å². The number of benzene rings is 7. The molecule has 1 unspecified atom stereocenters. The van der Waals surface area contributed by atoms with E-state index in [0.717, 1.165) is 55.6 Å². The summed E-state index contributed by atoms with van der Waals surface area (Å²) < 4.78 is 1.21. The van der Waals surface area contributed by atoms with Crippen molar-refractivity contribution in [2.75, 3.05) is 0 Å². The monoisotopic (exact) mass is 686 g/mol. The van der Waals surface area contributed by atoms with Gasteiger partial charge in [0.25, 0.3) is 0 Å². The highest BCUT2D eigenvalue weighted by molar-refractivity contribution is 7.22. The maximum atomic E-state index is 5.36. The predicted octanol–water partition coefficient (Wildman–Crippen LogP) is 11.6. The Morgan fingerprint density at radius 3 is 2.08 bits per heavy atom. The number of thiazole rings is 1. The first-order valence-corrected chi connectivity index (χ1v) is 18.5. The minimum absolute atomic E-state index is 0.207. The highest BCUT2D eigenvalue weighted by atomic mass is 32.1. The lowest BCUT2D eigenvalue weighted by Crippen LogP contribution is -2.33. The van der Waals surface area contributed by atoms with Crippen LogP contribution in [-0.2, 0) is 5.41 Å². The van der Waals surface area contributed by atoms with Crippen LogP contribution in [0.5, 0.6) is 0 Å². The number of hydrogen-bond acceptors (Lipinski definition) is 5. The van der Waals surface area contributed by atoms with Crippen molar-refractivity contribution in [2.24, 2.45) is 9.98 Å². The summed E-state index contributed by atoms with van der Waals surface area (Å²) in [6.07, 6.45) is -0.285. The molecule has 52 heavy (non-hydrogen) atoms. The second-order valence-corrected chi connectivity index (χ2v) is 15.1. The summed E-state index contributed by atoms with van der Waals surface area (Å²) in [5.74, 6) is 1.55. The quantitative estimate of drug-likeness (QED) is 0.196. The molecule has 1 aliphatic heterocycles. The molecule has 8 aromatic rings. The zero-order valence-corrected chi connectivity index (χ0v) is 29.7. The lowest BCUT2D eigenvalue weighted by atomic mass is 9.81. The van der Waals surface area contributed by atoms with E-state index in [0.29, 0.717) is 0 Å². The zero-order valence-electron chi connectivity index (χ0n) is 28.8. The molecule has 5 heteroatoms. The molecule has 1 atom stereocenters. The van der Waals surface area contributed by atoms with Gasteiger partial charge in [-0.05, 0) is 68.6 Å². The van der Waals surface area contributed by atoms with Crippen LogP contribution in [0.3, 0.4) is 0 Å². The van der Waals surface area contributed by atoms with Crippen LogP contribution in [0, 0.1) is 0 Å². The summed E-state index contributed by atoms with van der Waals surface area (Å²) in [6, 6.07) is 56.0. The smallest absolute Gasteiger partial charge is 0.160 e. The molecule has 2 aliphatic rings. The van der Waals surface area contributed by atoms with Crippen molar-refractivity contribution in [3.8, 4) is 32.8 Å². The van der Waals surface area contributed by atoms with Gasteiger partial charge in [-0.2, -0.15) is 0 Å². The van der Waals surface area contributed by atoms with Gasteiger partial charge in [-0.3, -0.25) is 0 Å². The number of fused-ring (bicyclic) bond motifs is 6. The molecular formula is C47H34N4S. The molecule has 0 amide bonds. The van der Waals surface area contributed by atoms with Gasteiger partial charge in [-0.15, -0.1) is 11.3 Å². The first kappa shape index (κ1) is 30.6. The first-order valence-electron chi connectivity index (χ1n) is 17.7. The van der Waals surface area contributed by atoms with Gasteiger partial charge >= 0.3 is 0 Å². The third-order valence-electron chi connectivity index (χ3n) is 10.6. The van der Waals surface area contributed by atoms with E-state index in [9.17, 15) is 0 Å². The van der Waals surface area contributed by atoms with Gasteiger partial charge in [-0.25, -0.2) is 15.0 Å². The first-order chi connectivity index (χ1) is 25.5. The highest BCUT2D eigenvalue weighted by Gasteiger charge is 2.38. The molecule has 0 saturated carbocycles. The van der Waals surface area contributed by atoms with Crippen LogP contribution in [0.25, 0.3) is 53.8 Å². The minimum Gasteiger partial charge on any atom is -0.344 e. The van der Waals surface area contributed by atoms with Gasteiger partial charge in [0.1, 0.15) is 17.0 Å². The number of aliphatic imine (C=N–C) groups is 2. The number of aromatic nitrogens is 1. The largest absolute Gasteiger partial charge is 0.344 e. The molecule has 1 N–H and O–H groups in total. The lowest BCUT2D eigenvalue weighted by molar-refractivity contribution is 0.660.